The molecule has 0 aliphatic heterocycles. The lowest BCUT2D eigenvalue weighted by Crippen LogP contribution is -2.27. The Hall–Kier alpha value is -4.14. The topological polar surface area (TPSA) is 99.8 Å². The smallest absolute Gasteiger partial charge is 0.279 e. The zero-order valence-electron chi connectivity index (χ0n) is 19.7. The van der Waals surface area contributed by atoms with E-state index >= 15 is 0 Å². The van der Waals surface area contributed by atoms with Crippen molar-refractivity contribution >= 4 is 17.4 Å². The second-order valence-corrected chi connectivity index (χ2v) is 7.74. The minimum atomic E-state index is -0.262. The Morgan fingerprint density at radius 3 is 2.53 bits per heavy atom. The fraction of sp³-hybridized carbons (Fsp3) is 0.280. The number of amides is 1. The van der Waals surface area contributed by atoms with Gasteiger partial charge in [-0.15, -0.1) is 5.10 Å². The van der Waals surface area contributed by atoms with Gasteiger partial charge >= 0.3 is 0 Å². The minimum Gasteiger partial charge on any atom is -0.497 e. The van der Waals surface area contributed by atoms with Crippen LogP contribution < -0.4 is 20.3 Å². The Morgan fingerprint density at radius 2 is 1.85 bits per heavy atom. The van der Waals surface area contributed by atoms with Gasteiger partial charge in [-0.05, 0) is 32.4 Å². The van der Waals surface area contributed by atoms with Crippen molar-refractivity contribution in [3.63, 3.8) is 0 Å². The first kappa shape index (κ1) is 23.0. The van der Waals surface area contributed by atoms with Gasteiger partial charge in [-0.1, -0.05) is 30.3 Å². The molecule has 2 aromatic carbocycles. The maximum Gasteiger partial charge on any atom is 0.279 e. The van der Waals surface area contributed by atoms with Crippen LogP contribution in [0, 0.1) is 6.92 Å². The minimum absolute atomic E-state index is 0.126. The SMILES string of the molecule is CCn1c(C)c(CCC(=O)Nc2ccc(OC)cc2OC)c(=O)n2nc(-c3ccccc3)nc12. The van der Waals surface area contributed by atoms with Gasteiger partial charge in [0.25, 0.3) is 5.56 Å². The molecule has 0 bridgehead atoms. The van der Waals surface area contributed by atoms with E-state index in [9.17, 15) is 9.59 Å². The van der Waals surface area contributed by atoms with Crippen molar-refractivity contribution in [2.45, 2.75) is 33.2 Å². The summed E-state index contributed by atoms with van der Waals surface area (Å²) < 4.78 is 13.8. The quantitative estimate of drug-likeness (QED) is 0.431. The fourth-order valence-corrected chi connectivity index (χ4v) is 3.94. The van der Waals surface area contributed by atoms with Crippen molar-refractivity contribution in [3.05, 3.63) is 70.1 Å². The molecule has 0 fully saturated rings. The van der Waals surface area contributed by atoms with Crippen LogP contribution in [0.5, 0.6) is 11.5 Å². The van der Waals surface area contributed by atoms with Crippen LogP contribution in [0.1, 0.15) is 24.6 Å². The van der Waals surface area contributed by atoms with E-state index in [-0.39, 0.29) is 24.3 Å². The van der Waals surface area contributed by atoms with Gasteiger partial charge in [0.15, 0.2) is 5.82 Å². The van der Waals surface area contributed by atoms with Crippen LogP contribution in [0.3, 0.4) is 0 Å². The molecule has 0 unspecified atom stereocenters. The number of aryl methyl sites for hydroxylation is 1. The summed E-state index contributed by atoms with van der Waals surface area (Å²) in [4.78, 5) is 30.6. The Labute approximate surface area is 197 Å². The molecule has 1 amide bonds. The number of benzene rings is 2. The highest BCUT2D eigenvalue weighted by Crippen LogP contribution is 2.29. The lowest BCUT2D eigenvalue weighted by Gasteiger charge is -2.14. The maximum atomic E-state index is 13.3. The predicted molar refractivity (Wildman–Crippen MR) is 130 cm³/mol. The number of fused-ring (bicyclic) bond motifs is 1. The van der Waals surface area contributed by atoms with Crippen LogP contribution >= 0.6 is 0 Å². The second kappa shape index (κ2) is 9.78. The van der Waals surface area contributed by atoms with E-state index < -0.39 is 0 Å². The second-order valence-electron chi connectivity index (χ2n) is 7.74. The van der Waals surface area contributed by atoms with Crippen molar-refractivity contribution in [1.82, 2.24) is 19.2 Å². The molecule has 9 nitrogen and oxygen atoms in total. The van der Waals surface area contributed by atoms with Crippen molar-refractivity contribution in [1.29, 1.82) is 0 Å². The summed E-state index contributed by atoms with van der Waals surface area (Å²) in [6, 6.07) is 14.7. The summed E-state index contributed by atoms with van der Waals surface area (Å²) >= 11 is 0. The van der Waals surface area contributed by atoms with Gasteiger partial charge < -0.3 is 19.4 Å². The zero-order chi connectivity index (χ0) is 24.2. The first-order valence-corrected chi connectivity index (χ1v) is 11.0. The number of methoxy groups -OCH3 is 2. The highest BCUT2D eigenvalue weighted by Gasteiger charge is 2.19. The third kappa shape index (κ3) is 4.36. The number of ether oxygens (including phenoxy) is 2. The molecule has 0 aliphatic carbocycles. The van der Waals surface area contributed by atoms with Crippen LogP contribution in [-0.4, -0.2) is 39.3 Å². The third-order valence-electron chi connectivity index (χ3n) is 5.76. The summed E-state index contributed by atoms with van der Waals surface area (Å²) in [5, 5.41) is 7.32. The average Bonchev–Trinajstić information content (AvgIpc) is 3.30. The Kier molecular flexibility index (Phi) is 6.62. The number of aromatic nitrogens is 4. The molecular weight excluding hydrogens is 434 g/mol. The van der Waals surface area contributed by atoms with Crippen LogP contribution in [0.2, 0.25) is 0 Å². The molecule has 9 heteroatoms. The van der Waals surface area contributed by atoms with Gasteiger partial charge in [0.2, 0.25) is 11.7 Å². The lowest BCUT2D eigenvalue weighted by atomic mass is 10.1. The predicted octanol–water partition coefficient (Wildman–Crippen LogP) is 3.47. The molecule has 0 spiro atoms. The van der Waals surface area contributed by atoms with Gasteiger partial charge in [0.05, 0.1) is 19.9 Å². The third-order valence-corrected chi connectivity index (χ3v) is 5.76. The molecule has 4 rings (SSSR count). The molecule has 1 N–H and O–H groups in total. The van der Waals surface area contributed by atoms with Crippen LogP contribution in [0.15, 0.2) is 53.3 Å². The van der Waals surface area contributed by atoms with E-state index in [0.29, 0.717) is 40.9 Å². The standard InChI is InChI=1S/C25H27N5O4/c1-5-29-16(2)19(12-14-22(31)26-20-13-11-18(33-3)15-21(20)34-4)24(32)30-25(29)27-23(28-30)17-9-7-6-8-10-17/h6-11,13,15H,5,12,14H2,1-4H3,(H,26,31). The van der Waals surface area contributed by atoms with Crippen molar-refractivity contribution < 1.29 is 14.3 Å². The normalized spacial score (nSPS) is 10.9. The monoisotopic (exact) mass is 461 g/mol. The average molecular weight is 462 g/mol. The number of nitrogens with one attached hydrogen (secondary N) is 1. The number of carbonyl (C=O) groups is 1. The van der Waals surface area contributed by atoms with Crippen LogP contribution in [0.25, 0.3) is 17.2 Å². The van der Waals surface area contributed by atoms with Crippen LogP contribution in [-0.2, 0) is 17.8 Å². The number of rotatable bonds is 8. The largest absolute Gasteiger partial charge is 0.497 e. The first-order valence-electron chi connectivity index (χ1n) is 11.0. The van der Waals surface area contributed by atoms with Crippen LogP contribution in [0.4, 0.5) is 5.69 Å². The van der Waals surface area contributed by atoms with Crippen molar-refractivity contribution in [2.24, 2.45) is 0 Å². The Bertz CT molecular complexity index is 1390. The summed E-state index contributed by atoms with van der Waals surface area (Å²) in [5.41, 5.74) is 2.43. The van der Waals surface area contributed by atoms with Crippen molar-refractivity contribution in [2.75, 3.05) is 19.5 Å². The summed E-state index contributed by atoms with van der Waals surface area (Å²) in [6.07, 6.45) is 0.395. The van der Waals surface area contributed by atoms with E-state index in [4.69, 9.17) is 9.47 Å². The zero-order valence-corrected chi connectivity index (χ0v) is 19.7. The Morgan fingerprint density at radius 1 is 1.09 bits per heavy atom. The van der Waals surface area contributed by atoms with E-state index in [2.05, 4.69) is 15.4 Å². The summed E-state index contributed by atoms with van der Waals surface area (Å²) in [5.74, 6) is 1.87. The highest BCUT2D eigenvalue weighted by molar-refractivity contribution is 5.92. The number of carbonyl (C=O) groups excluding carboxylic acids is 1. The van der Waals surface area contributed by atoms with E-state index in [0.717, 1.165) is 11.3 Å². The molecule has 0 saturated carbocycles. The van der Waals surface area contributed by atoms with Gasteiger partial charge in [-0.3, -0.25) is 9.59 Å². The van der Waals surface area contributed by atoms with E-state index in [1.54, 1.807) is 25.3 Å². The maximum absolute atomic E-state index is 13.3. The van der Waals surface area contributed by atoms with E-state index in [1.165, 1.54) is 11.6 Å². The number of nitrogens with zero attached hydrogens (tertiary/aromatic N) is 4. The molecule has 34 heavy (non-hydrogen) atoms. The molecular formula is C25H27N5O4. The van der Waals surface area contributed by atoms with E-state index in [1.807, 2.05) is 48.7 Å². The molecule has 0 aliphatic rings. The molecule has 0 radical (unpaired) electrons. The summed E-state index contributed by atoms with van der Waals surface area (Å²) in [6.45, 7) is 4.48. The van der Waals surface area contributed by atoms with Gasteiger partial charge in [-0.2, -0.15) is 9.50 Å². The molecule has 4 aromatic rings. The Balaban J connectivity index is 1.61. The van der Waals surface area contributed by atoms with Gasteiger partial charge in [0, 0.05) is 35.9 Å². The first-order chi connectivity index (χ1) is 16.5. The number of hydrogen-bond acceptors (Lipinski definition) is 6. The fourth-order valence-electron chi connectivity index (χ4n) is 3.94. The molecule has 176 valence electrons. The summed E-state index contributed by atoms with van der Waals surface area (Å²) in [7, 11) is 3.09. The van der Waals surface area contributed by atoms with Gasteiger partial charge in [0.1, 0.15) is 11.5 Å². The molecule has 0 saturated heterocycles. The lowest BCUT2D eigenvalue weighted by molar-refractivity contribution is -0.116. The molecule has 2 heterocycles. The van der Waals surface area contributed by atoms with Crippen molar-refractivity contribution in [3.8, 4) is 22.9 Å². The molecule has 2 aromatic heterocycles. The molecule has 0 atom stereocenters. The van der Waals surface area contributed by atoms with Gasteiger partial charge in [-0.25, -0.2) is 0 Å². The number of hydrogen-bond donors (Lipinski definition) is 1. The highest BCUT2D eigenvalue weighted by atomic mass is 16.5. The number of anilines is 1.